The molecule has 0 atom stereocenters. The van der Waals surface area contributed by atoms with Gasteiger partial charge in [0.15, 0.2) is 5.75 Å². The Hall–Kier alpha value is -1.94. The summed E-state index contributed by atoms with van der Waals surface area (Å²) in [6.45, 7) is 0. The fourth-order valence-electron chi connectivity index (χ4n) is 1.71. The molecule has 0 radical (unpaired) electrons. The lowest BCUT2D eigenvalue weighted by molar-refractivity contribution is 0.464. The van der Waals surface area contributed by atoms with Crippen LogP contribution in [0.5, 0.6) is 11.6 Å². The third-order valence-corrected chi connectivity index (χ3v) is 3.13. The summed E-state index contributed by atoms with van der Waals surface area (Å²) < 4.78 is 6.62. The molecule has 0 N–H and O–H groups in total. The van der Waals surface area contributed by atoms with E-state index >= 15 is 0 Å². The molecule has 0 spiro atoms. The van der Waals surface area contributed by atoms with Crippen molar-refractivity contribution >= 4 is 26.8 Å². The molecule has 2 aromatic heterocycles. The van der Waals surface area contributed by atoms with Gasteiger partial charge in [-0.05, 0) is 40.2 Å². The highest BCUT2D eigenvalue weighted by molar-refractivity contribution is 9.10. The minimum atomic E-state index is 0.538. The molecule has 0 bridgehead atoms. The molecule has 4 heteroatoms. The minimum absolute atomic E-state index is 0.538. The summed E-state index contributed by atoms with van der Waals surface area (Å²) in [6, 6.07) is 13.5. The van der Waals surface area contributed by atoms with E-state index in [9.17, 15) is 0 Å². The molecule has 88 valence electrons. The molecule has 3 rings (SSSR count). The number of hydrogen-bond donors (Lipinski definition) is 0. The van der Waals surface area contributed by atoms with Crippen LogP contribution in [0.3, 0.4) is 0 Å². The number of rotatable bonds is 2. The molecule has 0 saturated heterocycles. The van der Waals surface area contributed by atoms with Gasteiger partial charge < -0.3 is 4.74 Å². The van der Waals surface area contributed by atoms with Crippen molar-refractivity contribution in [1.29, 1.82) is 0 Å². The number of nitrogens with zero attached hydrogens (tertiary/aromatic N) is 2. The van der Waals surface area contributed by atoms with Crippen molar-refractivity contribution in [1.82, 2.24) is 9.97 Å². The summed E-state index contributed by atoms with van der Waals surface area (Å²) in [7, 11) is 0. The molecule has 0 unspecified atom stereocenters. The topological polar surface area (TPSA) is 35.0 Å². The smallest absolute Gasteiger partial charge is 0.233 e. The first-order valence-corrected chi connectivity index (χ1v) is 6.26. The third kappa shape index (κ3) is 2.07. The van der Waals surface area contributed by atoms with Crippen LogP contribution in [0, 0.1) is 0 Å². The lowest BCUT2D eigenvalue weighted by Crippen LogP contribution is -1.90. The molecule has 1 aromatic carbocycles. The second-order valence-corrected chi connectivity index (χ2v) is 4.58. The van der Waals surface area contributed by atoms with Crippen molar-refractivity contribution < 1.29 is 4.74 Å². The van der Waals surface area contributed by atoms with Crippen LogP contribution < -0.4 is 4.74 Å². The summed E-state index contributed by atoms with van der Waals surface area (Å²) in [5, 5.41) is 1.04. The third-order valence-electron chi connectivity index (χ3n) is 2.53. The molecule has 18 heavy (non-hydrogen) atoms. The van der Waals surface area contributed by atoms with Crippen molar-refractivity contribution in [2.24, 2.45) is 0 Å². The molecule has 0 aliphatic rings. The number of para-hydroxylation sites is 1. The van der Waals surface area contributed by atoms with Crippen molar-refractivity contribution in [3.8, 4) is 11.6 Å². The van der Waals surface area contributed by atoms with Gasteiger partial charge in [-0.25, -0.2) is 4.98 Å². The second-order valence-electron chi connectivity index (χ2n) is 3.72. The molecule has 0 aliphatic carbocycles. The molecule has 3 aromatic rings. The van der Waals surface area contributed by atoms with Crippen LogP contribution in [-0.2, 0) is 0 Å². The SMILES string of the molecule is Brc1cccnc1Oc1cccc2cccnc12. The average Bonchev–Trinajstić information content (AvgIpc) is 2.42. The van der Waals surface area contributed by atoms with Crippen molar-refractivity contribution in [2.45, 2.75) is 0 Å². The van der Waals surface area contributed by atoms with Crippen molar-refractivity contribution in [3.63, 3.8) is 0 Å². The number of pyridine rings is 2. The normalized spacial score (nSPS) is 10.5. The summed E-state index contributed by atoms with van der Waals surface area (Å²) in [5.41, 5.74) is 0.831. The number of hydrogen-bond acceptors (Lipinski definition) is 3. The van der Waals surface area contributed by atoms with Crippen LogP contribution in [-0.4, -0.2) is 9.97 Å². The summed E-state index contributed by atoms with van der Waals surface area (Å²) in [4.78, 5) is 8.52. The maximum atomic E-state index is 5.80. The lowest BCUT2D eigenvalue weighted by atomic mass is 10.2. The van der Waals surface area contributed by atoms with Crippen molar-refractivity contribution in [2.75, 3.05) is 0 Å². The van der Waals surface area contributed by atoms with Gasteiger partial charge in [-0.1, -0.05) is 18.2 Å². The van der Waals surface area contributed by atoms with Gasteiger partial charge in [0, 0.05) is 17.8 Å². The first-order valence-electron chi connectivity index (χ1n) is 5.47. The fraction of sp³-hybridized carbons (Fsp3) is 0. The number of fused-ring (bicyclic) bond motifs is 1. The van der Waals surface area contributed by atoms with E-state index in [-0.39, 0.29) is 0 Å². The van der Waals surface area contributed by atoms with Gasteiger partial charge in [0.2, 0.25) is 5.88 Å². The summed E-state index contributed by atoms with van der Waals surface area (Å²) >= 11 is 3.41. The fourth-order valence-corrected chi connectivity index (χ4v) is 2.04. The Morgan fingerprint density at radius 1 is 0.889 bits per heavy atom. The molecular formula is C14H9BrN2O. The highest BCUT2D eigenvalue weighted by atomic mass is 79.9. The second kappa shape index (κ2) is 4.74. The Morgan fingerprint density at radius 3 is 2.56 bits per heavy atom. The van der Waals surface area contributed by atoms with E-state index in [1.54, 1.807) is 12.4 Å². The van der Waals surface area contributed by atoms with Gasteiger partial charge in [0.1, 0.15) is 5.52 Å². The molecule has 0 aliphatic heterocycles. The van der Waals surface area contributed by atoms with Gasteiger partial charge in [-0.2, -0.15) is 0 Å². The average molecular weight is 301 g/mol. The van der Waals surface area contributed by atoms with Gasteiger partial charge in [-0.3, -0.25) is 4.98 Å². The quantitative estimate of drug-likeness (QED) is 0.712. The van der Waals surface area contributed by atoms with E-state index < -0.39 is 0 Å². The Bertz CT molecular complexity index is 695. The zero-order valence-electron chi connectivity index (χ0n) is 9.38. The van der Waals surface area contributed by atoms with Gasteiger partial charge in [-0.15, -0.1) is 0 Å². The standard InChI is InChI=1S/C14H9BrN2O/c15-11-6-3-9-17-14(11)18-12-7-1-4-10-5-2-8-16-13(10)12/h1-9H. The van der Waals surface area contributed by atoms with E-state index in [0.717, 1.165) is 15.4 Å². The van der Waals surface area contributed by atoms with Crippen LogP contribution in [0.25, 0.3) is 10.9 Å². The Balaban J connectivity index is 2.08. The number of ether oxygens (including phenoxy) is 1. The first-order chi connectivity index (χ1) is 8.84. The highest BCUT2D eigenvalue weighted by Crippen LogP contribution is 2.30. The number of benzene rings is 1. The molecule has 3 nitrogen and oxygen atoms in total. The van der Waals surface area contributed by atoms with E-state index in [0.29, 0.717) is 11.6 Å². The molecule has 0 amide bonds. The van der Waals surface area contributed by atoms with Gasteiger partial charge >= 0.3 is 0 Å². The van der Waals surface area contributed by atoms with Crippen LogP contribution in [0.1, 0.15) is 0 Å². The van der Waals surface area contributed by atoms with Gasteiger partial charge in [0.05, 0.1) is 4.47 Å². The predicted octanol–water partition coefficient (Wildman–Crippen LogP) is 4.18. The van der Waals surface area contributed by atoms with E-state index in [1.807, 2.05) is 42.5 Å². The highest BCUT2D eigenvalue weighted by Gasteiger charge is 2.07. The van der Waals surface area contributed by atoms with Crippen LogP contribution in [0.2, 0.25) is 0 Å². The maximum Gasteiger partial charge on any atom is 0.233 e. The van der Waals surface area contributed by atoms with Gasteiger partial charge in [0.25, 0.3) is 0 Å². The summed E-state index contributed by atoms with van der Waals surface area (Å²) in [5.74, 6) is 1.24. The monoisotopic (exact) mass is 300 g/mol. The molecule has 0 fully saturated rings. The number of halogens is 1. The zero-order valence-corrected chi connectivity index (χ0v) is 11.0. The molecule has 2 heterocycles. The van der Waals surface area contributed by atoms with E-state index in [4.69, 9.17) is 4.74 Å². The zero-order chi connectivity index (χ0) is 12.4. The Labute approximate surface area is 113 Å². The largest absolute Gasteiger partial charge is 0.436 e. The van der Waals surface area contributed by atoms with Crippen LogP contribution in [0.4, 0.5) is 0 Å². The van der Waals surface area contributed by atoms with Crippen LogP contribution in [0.15, 0.2) is 59.3 Å². The maximum absolute atomic E-state index is 5.80. The first kappa shape index (κ1) is 11.2. The van der Waals surface area contributed by atoms with Crippen LogP contribution >= 0.6 is 15.9 Å². The predicted molar refractivity (Wildman–Crippen MR) is 73.8 cm³/mol. The number of aromatic nitrogens is 2. The van der Waals surface area contributed by atoms with E-state index in [2.05, 4.69) is 25.9 Å². The Kier molecular flexibility index (Phi) is 2.94. The molecule has 0 saturated carbocycles. The van der Waals surface area contributed by atoms with Crippen molar-refractivity contribution in [3.05, 3.63) is 59.3 Å². The summed E-state index contributed by atoms with van der Waals surface area (Å²) in [6.07, 6.45) is 3.45. The minimum Gasteiger partial charge on any atom is -0.436 e. The lowest BCUT2D eigenvalue weighted by Gasteiger charge is -2.08. The van der Waals surface area contributed by atoms with E-state index in [1.165, 1.54) is 0 Å². The molecular weight excluding hydrogens is 292 g/mol. The Morgan fingerprint density at radius 2 is 1.67 bits per heavy atom.